The zero-order valence-electron chi connectivity index (χ0n) is 11.0. The molecule has 1 aromatic heterocycles. The van der Waals surface area contributed by atoms with Gasteiger partial charge in [0.15, 0.2) is 5.13 Å². The quantitative estimate of drug-likeness (QED) is 0.871. The lowest BCUT2D eigenvalue weighted by molar-refractivity contribution is 0.0606. The second-order valence-electron chi connectivity index (χ2n) is 4.09. The Morgan fingerprint density at radius 2 is 2.00 bits per heavy atom. The number of rotatable bonds is 4. The number of carbonyl (C=O) groups excluding carboxylic acids is 1. The smallest absolute Gasteiger partial charge is 0.349 e. The van der Waals surface area contributed by atoms with E-state index in [2.05, 4.69) is 15.0 Å². The minimum atomic E-state index is -0.367. The zero-order chi connectivity index (χ0) is 13.8. The van der Waals surface area contributed by atoms with Gasteiger partial charge in [-0.1, -0.05) is 11.3 Å². The highest BCUT2D eigenvalue weighted by Crippen LogP contribution is 2.24. The maximum absolute atomic E-state index is 11.3. The van der Waals surface area contributed by atoms with Crippen LogP contribution in [0.4, 0.5) is 16.5 Å². The fourth-order valence-electron chi connectivity index (χ4n) is 1.49. The molecule has 0 spiro atoms. The molecule has 1 N–H and O–H groups in total. The Bertz CT molecular complexity index is 564. The number of hydrogen-bond acceptors (Lipinski definition) is 6. The lowest BCUT2D eigenvalue weighted by Crippen LogP contribution is -2.08. The second-order valence-corrected chi connectivity index (χ2v) is 5.12. The van der Waals surface area contributed by atoms with Crippen molar-refractivity contribution in [3.63, 3.8) is 0 Å². The molecule has 0 aliphatic rings. The molecule has 1 aromatic carbocycles. The van der Waals surface area contributed by atoms with Gasteiger partial charge >= 0.3 is 5.97 Å². The Morgan fingerprint density at radius 1 is 1.32 bits per heavy atom. The van der Waals surface area contributed by atoms with E-state index in [1.54, 1.807) is 0 Å². The van der Waals surface area contributed by atoms with E-state index in [0.29, 0.717) is 10.0 Å². The molecule has 0 radical (unpaired) electrons. The fourth-order valence-corrected chi connectivity index (χ4v) is 2.25. The van der Waals surface area contributed by atoms with Gasteiger partial charge in [0.25, 0.3) is 0 Å². The standard InChI is InChI=1S/C13H15N3O2S/c1-16(2)10-6-4-9(5-7-10)15-13-14-8-11(19-13)12(17)18-3/h4-8H,1-3H3,(H,14,15). The number of nitrogens with zero attached hydrogens (tertiary/aromatic N) is 2. The summed E-state index contributed by atoms with van der Waals surface area (Å²) in [7, 11) is 5.34. The molecule has 5 nitrogen and oxygen atoms in total. The number of anilines is 3. The van der Waals surface area contributed by atoms with E-state index in [9.17, 15) is 4.79 Å². The first-order chi connectivity index (χ1) is 9.10. The third kappa shape index (κ3) is 3.23. The normalized spacial score (nSPS) is 10.1. The molecule has 0 atom stereocenters. The molecule has 0 saturated carbocycles. The highest BCUT2D eigenvalue weighted by molar-refractivity contribution is 7.17. The van der Waals surface area contributed by atoms with E-state index in [4.69, 9.17) is 0 Å². The summed E-state index contributed by atoms with van der Waals surface area (Å²) in [5.41, 5.74) is 2.05. The molecule has 6 heteroatoms. The van der Waals surface area contributed by atoms with Gasteiger partial charge in [-0.05, 0) is 24.3 Å². The summed E-state index contributed by atoms with van der Waals surface area (Å²) >= 11 is 1.26. The van der Waals surface area contributed by atoms with Crippen LogP contribution in [0.5, 0.6) is 0 Å². The van der Waals surface area contributed by atoms with E-state index in [1.807, 2.05) is 43.3 Å². The van der Waals surface area contributed by atoms with Gasteiger partial charge in [0.1, 0.15) is 4.88 Å². The van der Waals surface area contributed by atoms with E-state index in [-0.39, 0.29) is 5.97 Å². The van der Waals surface area contributed by atoms with E-state index < -0.39 is 0 Å². The maximum Gasteiger partial charge on any atom is 0.349 e. The van der Waals surface area contributed by atoms with Crippen LogP contribution in [-0.2, 0) is 4.74 Å². The molecule has 1 heterocycles. The number of ether oxygens (including phenoxy) is 1. The molecular formula is C13H15N3O2S. The van der Waals surface area contributed by atoms with Crippen molar-refractivity contribution in [2.24, 2.45) is 0 Å². The lowest BCUT2D eigenvalue weighted by atomic mass is 10.2. The average Bonchev–Trinajstić information content (AvgIpc) is 2.87. The summed E-state index contributed by atoms with van der Waals surface area (Å²) in [6, 6.07) is 7.96. The van der Waals surface area contributed by atoms with Crippen molar-refractivity contribution >= 4 is 33.8 Å². The predicted octanol–water partition coefficient (Wildman–Crippen LogP) is 2.74. The summed E-state index contributed by atoms with van der Waals surface area (Å²) < 4.78 is 4.64. The predicted molar refractivity (Wildman–Crippen MR) is 77.5 cm³/mol. The van der Waals surface area contributed by atoms with Gasteiger partial charge in [0.2, 0.25) is 0 Å². The summed E-state index contributed by atoms with van der Waals surface area (Å²) in [6.45, 7) is 0. The third-order valence-electron chi connectivity index (χ3n) is 2.53. The number of carbonyl (C=O) groups is 1. The topological polar surface area (TPSA) is 54.5 Å². The summed E-state index contributed by atoms with van der Waals surface area (Å²) in [6.07, 6.45) is 1.51. The highest BCUT2D eigenvalue weighted by Gasteiger charge is 2.10. The monoisotopic (exact) mass is 277 g/mol. The Morgan fingerprint density at radius 3 is 2.58 bits per heavy atom. The molecule has 0 aliphatic heterocycles. The molecule has 100 valence electrons. The summed E-state index contributed by atoms with van der Waals surface area (Å²) in [4.78, 5) is 18.0. The molecule has 19 heavy (non-hydrogen) atoms. The fraction of sp³-hybridized carbons (Fsp3) is 0.231. The van der Waals surface area contributed by atoms with Crippen LogP contribution < -0.4 is 10.2 Å². The molecule has 2 rings (SSSR count). The van der Waals surface area contributed by atoms with Gasteiger partial charge < -0.3 is 15.0 Å². The van der Waals surface area contributed by atoms with Gasteiger partial charge in [0.05, 0.1) is 13.3 Å². The van der Waals surface area contributed by atoms with E-state index >= 15 is 0 Å². The van der Waals surface area contributed by atoms with E-state index in [1.165, 1.54) is 24.6 Å². The van der Waals surface area contributed by atoms with Crippen molar-refractivity contribution < 1.29 is 9.53 Å². The third-order valence-corrected chi connectivity index (χ3v) is 3.42. The van der Waals surface area contributed by atoms with Crippen LogP contribution in [0.15, 0.2) is 30.5 Å². The van der Waals surface area contributed by atoms with Crippen molar-refractivity contribution in [2.45, 2.75) is 0 Å². The lowest BCUT2D eigenvalue weighted by Gasteiger charge is -2.12. The van der Waals surface area contributed by atoms with Crippen molar-refractivity contribution in [3.05, 3.63) is 35.3 Å². The SMILES string of the molecule is COC(=O)c1cnc(Nc2ccc(N(C)C)cc2)s1. The zero-order valence-corrected chi connectivity index (χ0v) is 11.8. The van der Waals surface area contributed by atoms with Crippen molar-refractivity contribution in [2.75, 3.05) is 31.4 Å². The van der Waals surface area contributed by atoms with Crippen LogP contribution in [0.2, 0.25) is 0 Å². The van der Waals surface area contributed by atoms with E-state index in [0.717, 1.165) is 11.4 Å². The van der Waals surface area contributed by atoms with Crippen molar-refractivity contribution in [1.29, 1.82) is 0 Å². The number of aromatic nitrogens is 1. The highest BCUT2D eigenvalue weighted by atomic mass is 32.1. The first-order valence-corrected chi connectivity index (χ1v) is 6.50. The second kappa shape index (κ2) is 5.71. The minimum Gasteiger partial charge on any atom is -0.465 e. The first kappa shape index (κ1) is 13.4. The maximum atomic E-state index is 11.3. The van der Waals surface area contributed by atoms with Crippen LogP contribution in [0.3, 0.4) is 0 Å². The molecule has 2 aromatic rings. The largest absolute Gasteiger partial charge is 0.465 e. The van der Waals surface area contributed by atoms with Crippen LogP contribution in [0.1, 0.15) is 9.67 Å². The summed E-state index contributed by atoms with van der Waals surface area (Å²) in [5.74, 6) is -0.367. The number of hydrogen-bond donors (Lipinski definition) is 1. The molecular weight excluding hydrogens is 262 g/mol. The Kier molecular flexibility index (Phi) is 4.01. The van der Waals surface area contributed by atoms with Crippen LogP contribution >= 0.6 is 11.3 Å². The molecule has 0 amide bonds. The number of thiazole rings is 1. The van der Waals surface area contributed by atoms with Crippen LogP contribution in [0.25, 0.3) is 0 Å². The molecule has 0 bridgehead atoms. The van der Waals surface area contributed by atoms with Gasteiger partial charge in [-0.15, -0.1) is 0 Å². The molecule has 0 unspecified atom stereocenters. The number of methoxy groups -OCH3 is 1. The van der Waals surface area contributed by atoms with Crippen LogP contribution in [-0.4, -0.2) is 32.2 Å². The van der Waals surface area contributed by atoms with Gasteiger partial charge in [-0.25, -0.2) is 9.78 Å². The Hall–Kier alpha value is -2.08. The van der Waals surface area contributed by atoms with Crippen LogP contribution in [0, 0.1) is 0 Å². The number of benzene rings is 1. The first-order valence-electron chi connectivity index (χ1n) is 5.68. The van der Waals surface area contributed by atoms with Gasteiger partial charge in [-0.2, -0.15) is 0 Å². The van der Waals surface area contributed by atoms with Gasteiger partial charge in [0, 0.05) is 25.5 Å². The summed E-state index contributed by atoms with van der Waals surface area (Å²) in [5, 5.41) is 3.82. The average molecular weight is 277 g/mol. The molecule has 0 saturated heterocycles. The minimum absolute atomic E-state index is 0.367. The van der Waals surface area contributed by atoms with Gasteiger partial charge in [-0.3, -0.25) is 0 Å². The molecule has 0 aliphatic carbocycles. The number of esters is 1. The molecule has 0 fully saturated rings. The van der Waals surface area contributed by atoms with Crippen molar-refractivity contribution in [3.8, 4) is 0 Å². The van der Waals surface area contributed by atoms with Crippen molar-refractivity contribution in [1.82, 2.24) is 4.98 Å². The number of nitrogens with one attached hydrogen (secondary N) is 1. The Labute approximate surface area is 115 Å². The Balaban J connectivity index is 2.08.